The number of hydrogen-bond donors (Lipinski definition) is 1. The van der Waals surface area contributed by atoms with Gasteiger partial charge in [-0.3, -0.25) is 9.59 Å². The van der Waals surface area contributed by atoms with Gasteiger partial charge in [0.25, 0.3) is 0 Å². The van der Waals surface area contributed by atoms with Gasteiger partial charge in [0, 0.05) is 13.2 Å². The molecule has 2 atom stereocenters. The quantitative estimate of drug-likeness (QED) is 0.763. The molecule has 1 aliphatic rings. The molecule has 1 fully saturated rings. The van der Waals surface area contributed by atoms with Crippen molar-refractivity contribution in [1.29, 1.82) is 0 Å². The van der Waals surface area contributed by atoms with Gasteiger partial charge in [-0.05, 0) is 25.2 Å². The van der Waals surface area contributed by atoms with Crippen LogP contribution in [0, 0.1) is 5.41 Å². The van der Waals surface area contributed by atoms with Gasteiger partial charge in [0.05, 0.1) is 6.61 Å². The fraction of sp³-hybridized carbons (Fsp3) is 0.875. The molecule has 2 amide bonds. The van der Waals surface area contributed by atoms with Gasteiger partial charge in [0.2, 0.25) is 11.8 Å². The second kappa shape index (κ2) is 6.77. The van der Waals surface area contributed by atoms with E-state index in [1.807, 2.05) is 41.5 Å². The molecular formula is C16H30N2O3. The van der Waals surface area contributed by atoms with Crippen molar-refractivity contribution in [2.24, 2.45) is 5.41 Å². The van der Waals surface area contributed by atoms with Crippen LogP contribution < -0.4 is 5.32 Å². The lowest BCUT2D eigenvalue weighted by atomic mass is 9.80. The number of amides is 2. The maximum absolute atomic E-state index is 12.8. The fourth-order valence-corrected chi connectivity index (χ4v) is 2.57. The van der Waals surface area contributed by atoms with Crippen molar-refractivity contribution < 1.29 is 14.3 Å². The van der Waals surface area contributed by atoms with Crippen LogP contribution in [0.2, 0.25) is 0 Å². The standard InChI is InChI=1S/C16H30N2O3/c1-7-10-21-11-9-18-13(19)12(15(3,4)5)17-14(20)16(18,6)8-2/h12H,7-11H2,1-6H3,(H,17,20). The molecule has 1 heterocycles. The lowest BCUT2D eigenvalue weighted by Crippen LogP contribution is -2.72. The number of nitrogens with one attached hydrogen (secondary N) is 1. The van der Waals surface area contributed by atoms with Gasteiger partial charge in [-0.25, -0.2) is 0 Å². The number of carbonyl (C=O) groups excluding carboxylic acids is 2. The topological polar surface area (TPSA) is 58.6 Å². The maximum Gasteiger partial charge on any atom is 0.246 e. The Balaban J connectivity index is 2.94. The summed E-state index contributed by atoms with van der Waals surface area (Å²) in [4.78, 5) is 27.0. The second-order valence-electron chi connectivity index (χ2n) is 7.00. The first-order valence-corrected chi connectivity index (χ1v) is 7.88. The van der Waals surface area contributed by atoms with E-state index in [-0.39, 0.29) is 17.2 Å². The zero-order valence-electron chi connectivity index (χ0n) is 14.3. The predicted molar refractivity (Wildman–Crippen MR) is 82.9 cm³/mol. The zero-order valence-corrected chi connectivity index (χ0v) is 14.3. The average molecular weight is 298 g/mol. The predicted octanol–water partition coefficient (Wildman–Crippen LogP) is 1.95. The summed E-state index contributed by atoms with van der Waals surface area (Å²) < 4.78 is 5.50. The third-order valence-electron chi connectivity index (χ3n) is 4.24. The van der Waals surface area contributed by atoms with Gasteiger partial charge in [-0.1, -0.05) is 34.6 Å². The van der Waals surface area contributed by atoms with E-state index in [1.165, 1.54) is 0 Å². The summed E-state index contributed by atoms with van der Waals surface area (Å²) >= 11 is 0. The highest BCUT2D eigenvalue weighted by Gasteiger charge is 2.50. The SMILES string of the molecule is CCCOCCN1C(=O)C(C(C)(C)C)NC(=O)C1(C)CC. The Labute approximate surface area is 128 Å². The Morgan fingerprint density at radius 3 is 2.33 bits per heavy atom. The van der Waals surface area contributed by atoms with Crippen LogP contribution in [-0.2, 0) is 14.3 Å². The highest BCUT2D eigenvalue weighted by molar-refractivity contribution is 5.99. The van der Waals surface area contributed by atoms with Crippen molar-refractivity contribution in [2.75, 3.05) is 19.8 Å². The van der Waals surface area contributed by atoms with Crippen LogP contribution in [0.3, 0.4) is 0 Å². The number of piperazine rings is 1. The van der Waals surface area contributed by atoms with Crippen molar-refractivity contribution in [3.8, 4) is 0 Å². The Bertz CT molecular complexity index is 389. The van der Waals surface area contributed by atoms with Gasteiger partial charge >= 0.3 is 0 Å². The van der Waals surface area contributed by atoms with E-state index >= 15 is 0 Å². The molecule has 0 radical (unpaired) electrons. The average Bonchev–Trinajstić information content (AvgIpc) is 2.40. The molecule has 1 aliphatic heterocycles. The molecule has 0 bridgehead atoms. The number of carbonyl (C=O) groups is 2. The van der Waals surface area contributed by atoms with Crippen molar-refractivity contribution in [3.63, 3.8) is 0 Å². The van der Waals surface area contributed by atoms with Crippen molar-refractivity contribution in [2.45, 2.75) is 66.0 Å². The third-order valence-corrected chi connectivity index (χ3v) is 4.24. The lowest BCUT2D eigenvalue weighted by molar-refractivity contribution is -0.160. The minimum Gasteiger partial charge on any atom is -0.380 e. The molecule has 0 aromatic heterocycles. The summed E-state index contributed by atoms with van der Waals surface area (Å²) in [5.74, 6) is -0.0773. The van der Waals surface area contributed by atoms with Crippen LogP contribution in [0.25, 0.3) is 0 Å². The van der Waals surface area contributed by atoms with E-state index in [0.29, 0.717) is 26.2 Å². The van der Waals surface area contributed by atoms with E-state index in [1.54, 1.807) is 4.90 Å². The van der Waals surface area contributed by atoms with Crippen LogP contribution in [0.1, 0.15) is 54.4 Å². The van der Waals surface area contributed by atoms with E-state index in [0.717, 1.165) is 6.42 Å². The number of rotatable bonds is 6. The highest BCUT2D eigenvalue weighted by atomic mass is 16.5. The zero-order chi connectivity index (χ0) is 16.3. The summed E-state index contributed by atoms with van der Waals surface area (Å²) in [5, 5.41) is 2.91. The molecule has 1 rings (SSSR count). The second-order valence-corrected chi connectivity index (χ2v) is 7.00. The summed E-state index contributed by atoms with van der Waals surface area (Å²) in [6.45, 7) is 13.3. The molecule has 5 heteroatoms. The van der Waals surface area contributed by atoms with Crippen LogP contribution in [0.15, 0.2) is 0 Å². The molecule has 0 spiro atoms. The summed E-state index contributed by atoms with van der Waals surface area (Å²) in [7, 11) is 0. The first kappa shape index (κ1) is 18.0. The minimum absolute atomic E-state index is 0.00783. The van der Waals surface area contributed by atoms with E-state index in [2.05, 4.69) is 5.32 Å². The molecular weight excluding hydrogens is 268 g/mol. The number of nitrogens with zero attached hydrogens (tertiary/aromatic N) is 1. The molecule has 122 valence electrons. The number of hydrogen-bond acceptors (Lipinski definition) is 3. The van der Waals surface area contributed by atoms with Gasteiger partial charge in [-0.15, -0.1) is 0 Å². The summed E-state index contributed by atoms with van der Waals surface area (Å²) in [5.41, 5.74) is -1.08. The van der Waals surface area contributed by atoms with E-state index in [4.69, 9.17) is 4.74 Å². The van der Waals surface area contributed by atoms with Crippen molar-refractivity contribution in [1.82, 2.24) is 10.2 Å². The first-order chi connectivity index (χ1) is 9.68. The van der Waals surface area contributed by atoms with E-state index in [9.17, 15) is 9.59 Å². The molecule has 2 unspecified atom stereocenters. The normalized spacial score (nSPS) is 27.0. The first-order valence-electron chi connectivity index (χ1n) is 7.88. The van der Waals surface area contributed by atoms with Crippen LogP contribution in [-0.4, -0.2) is 48.1 Å². The Morgan fingerprint density at radius 1 is 1.24 bits per heavy atom. The molecule has 0 aromatic carbocycles. The van der Waals surface area contributed by atoms with Crippen molar-refractivity contribution >= 4 is 11.8 Å². The smallest absolute Gasteiger partial charge is 0.246 e. The van der Waals surface area contributed by atoms with Crippen molar-refractivity contribution in [3.05, 3.63) is 0 Å². The molecule has 0 saturated carbocycles. The Hall–Kier alpha value is -1.10. The molecule has 21 heavy (non-hydrogen) atoms. The Morgan fingerprint density at radius 2 is 1.86 bits per heavy atom. The number of ether oxygens (including phenoxy) is 1. The molecule has 0 aromatic rings. The molecule has 0 aliphatic carbocycles. The van der Waals surface area contributed by atoms with Gasteiger partial charge in [0.15, 0.2) is 0 Å². The van der Waals surface area contributed by atoms with Crippen LogP contribution >= 0.6 is 0 Å². The van der Waals surface area contributed by atoms with Gasteiger partial charge in [0.1, 0.15) is 11.6 Å². The summed E-state index contributed by atoms with van der Waals surface area (Å²) in [6.07, 6.45) is 1.54. The largest absolute Gasteiger partial charge is 0.380 e. The monoisotopic (exact) mass is 298 g/mol. The molecule has 5 nitrogen and oxygen atoms in total. The fourth-order valence-electron chi connectivity index (χ4n) is 2.57. The van der Waals surface area contributed by atoms with Crippen LogP contribution in [0.5, 0.6) is 0 Å². The van der Waals surface area contributed by atoms with Gasteiger partial charge < -0.3 is 15.0 Å². The van der Waals surface area contributed by atoms with Gasteiger partial charge in [-0.2, -0.15) is 0 Å². The maximum atomic E-state index is 12.8. The third kappa shape index (κ3) is 3.76. The lowest BCUT2D eigenvalue weighted by Gasteiger charge is -2.48. The summed E-state index contributed by atoms with van der Waals surface area (Å²) in [6, 6.07) is -0.476. The van der Waals surface area contributed by atoms with E-state index < -0.39 is 11.6 Å². The minimum atomic E-state index is -0.783. The van der Waals surface area contributed by atoms with Crippen LogP contribution in [0.4, 0.5) is 0 Å². The Kier molecular flexibility index (Phi) is 5.79. The molecule has 1 N–H and O–H groups in total. The highest BCUT2D eigenvalue weighted by Crippen LogP contribution is 2.31. The molecule has 1 saturated heterocycles.